The highest BCUT2D eigenvalue weighted by Crippen LogP contribution is 2.23. The van der Waals surface area contributed by atoms with E-state index in [4.69, 9.17) is 14.5 Å². The van der Waals surface area contributed by atoms with Gasteiger partial charge in [-0.3, -0.25) is 9.79 Å². The van der Waals surface area contributed by atoms with Crippen LogP contribution in [-0.4, -0.2) is 74.9 Å². The van der Waals surface area contributed by atoms with E-state index in [1.807, 2.05) is 0 Å². The lowest BCUT2D eigenvalue weighted by atomic mass is 9.89. The fourth-order valence-electron chi connectivity index (χ4n) is 4.69. The number of rotatable bonds is 8. The van der Waals surface area contributed by atoms with Crippen molar-refractivity contribution in [1.82, 2.24) is 15.5 Å². The molecular formula is C23H42N4O3. The van der Waals surface area contributed by atoms with E-state index in [0.29, 0.717) is 25.3 Å². The third-order valence-electron chi connectivity index (χ3n) is 6.52. The fraction of sp³-hybridized carbons (Fsp3) is 0.913. The van der Waals surface area contributed by atoms with Crippen molar-refractivity contribution in [2.45, 2.75) is 83.3 Å². The van der Waals surface area contributed by atoms with Crippen molar-refractivity contribution >= 4 is 11.9 Å². The number of nitrogens with one attached hydrogen (secondary N) is 2. The lowest BCUT2D eigenvalue weighted by Gasteiger charge is -2.35. The molecule has 3 rings (SSSR count). The summed E-state index contributed by atoms with van der Waals surface area (Å²) in [6, 6.07) is 0. The molecule has 1 unspecified atom stereocenters. The number of piperidine rings is 1. The van der Waals surface area contributed by atoms with Gasteiger partial charge in [-0.2, -0.15) is 0 Å². The first kappa shape index (κ1) is 23.3. The minimum atomic E-state index is 0.217. The van der Waals surface area contributed by atoms with Crippen LogP contribution in [-0.2, 0) is 14.3 Å². The van der Waals surface area contributed by atoms with Gasteiger partial charge in [-0.25, -0.2) is 0 Å². The van der Waals surface area contributed by atoms with Crippen molar-refractivity contribution in [3.05, 3.63) is 0 Å². The highest BCUT2D eigenvalue weighted by molar-refractivity contribution is 5.80. The third-order valence-corrected chi connectivity index (χ3v) is 6.52. The molecular weight excluding hydrogens is 380 g/mol. The van der Waals surface area contributed by atoms with Crippen molar-refractivity contribution in [3.63, 3.8) is 0 Å². The summed E-state index contributed by atoms with van der Waals surface area (Å²) in [5, 5.41) is 6.49. The quantitative estimate of drug-likeness (QED) is 0.357. The van der Waals surface area contributed by atoms with E-state index in [9.17, 15) is 4.79 Å². The summed E-state index contributed by atoms with van der Waals surface area (Å²) in [6.07, 6.45) is 12.0. The molecule has 1 saturated carbocycles. The largest absolute Gasteiger partial charge is 0.376 e. The molecule has 3 aliphatic rings. The van der Waals surface area contributed by atoms with Crippen LogP contribution < -0.4 is 10.6 Å². The molecule has 0 aromatic rings. The molecule has 2 heterocycles. The topological polar surface area (TPSA) is 75.2 Å². The maximum atomic E-state index is 12.3. The number of likely N-dealkylation sites (tertiary alicyclic amines) is 1. The van der Waals surface area contributed by atoms with Gasteiger partial charge in [0.25, 0.3) is 0 Å². The second kappa shape index (κ2) is 13.2. The zero-order chi connectivity index (χ0) is 21.0. The molecule has 0 aromatic carbocycles. The van der Waals surface area contributed by atoms with Gasteiger partial charge >= 0.3 is 0 Å². The molecule has 7 nitrogen and oxygen atoms in total. The van der Waals surface area contributed by atoms with E-state index in [-0.39, 0.29) is 11.8 Å². The number of hydrogen-bond acceptors (Lipinski definition) is 4. The highest BCUT2D eigenvalue weighted by atomic mass is 16.5. The summed E-state index contributed by atoms with van der Waals surface area (Å²) < 4.78 is 11.9. The summed E-state index contributed by atoms with van der Waals surface area (Å²) in [7, 11) is 0. The van der Waals surface area contributed by atoms with Crippen LogP contribution in [0.15, 0.2) is 4.99 Å². The summed E-state index contributed by atoms with van der Waals surface area (Å²) in [5.41, 5.74) is 0. The smallest absolute Gasteiger partial charge is 0.223 e. The Balaban J connectivity index is 1.35. The van der Waals surface area contributed by atoms with Gasteiger partial charge in [-0.05, 0) is 51.9 Å². The second-order valence-corrected chi connectivity index (χ2v) is 8.87. The molecule has 0 spiro atoms. The van der Waals surface area contributed by atoms with E-state index in [2.05, 4.69) is 22.5 Å². The standard InChI is InChI=1S/C23H42N4O3/c1-2-24-23(26-14-13-25-22(28)19-8-4-3-5-9-19)27-15-11-20(12-16-27)30-18-21-10-6-7-17-29-21/h19-21H,2-18H2,1H3,(H,24,26)(H,25,28). The maximum Gasteiger partial charge on any atom is 0.223 e. The Morgan fingerprint density at radius 1 is 1.03 bits per heavy atom. The van der Waals surface area contributed by atoms with Crippen LogP contribution in [0.4, 0.5) is 0 Å². The lowest BCUT2D eigenvalue weighted by molar-refractivity contribution is -0.125. The van der Waals surface area contributed by atoms with Crippen molar-refractivity contribution in [1.29, 1.82) is 0 Å². The van der Waals surface area contributed by atoms with Crippen LogP contribution in [0.3, 0.4) is 0 Å². The summed E-state index contributed by atoms with van der Waals surface area (Å²) in [5.74, 6) is 1.39. The molecule has 0 radical (unpaired) electrons. The number of carbonyl (C=O) groups is 1. The Morgan fingerprint density at radius 2 is 1.80 bits per heavy atom. The first-order chi connectivity index (χ1) is 14.8. The predicted molar refractivity (Wildman–Crippen MR) is 120 cm³/mol. The fourth-order valence-corrected chi connectivity index (χ4v) is 4.69. The number of nitrogens with zero attached hydrogens (tertiary/aromatic N) is 2. The number of guanidine groups is 1. The highest BCUT2D eigenvalue weighted by Gasteiger charge is 2.24. The molecule has 7 heteroatoms. The number of aliphatic imine (C=N–C) groups is 1. The van der Waals surface area contributed by atoms with E-state index in [1.165, 1.54) is 32.1 Å². The molecule has 1 aliphatic carbocycles. The first-order valence-electron chi connectivity index (χ1n) is 12.3. The summed E-state index contributed by atoms with van der Waals surface area (Å²) >= 11 is 0. The van der Waals surface area contributed by atoms with Gasteiger partial charge in [-0.15, -0.1) is 0 Å². The lowest BCUT2D eigenvalue weighted by Crippen LogP contribution is -2.47. The van der Waals surface area contributed by atoms with E-state index in [1.54, 1.807) is 0 Å². The van der Waals surface area contributed by atoms with Gasteiger partial charge in [0.15, 0.2) is 5.96 Å². The number of ether oxygens (including phenoxy) is 2. The van der Waals surface area contributed by atoms with Crippen LogP contribution in [0.25, 0.3) is 0 Å². The molecule has 3 fully saturated rings. The number of amides is 1. The van der Waals surface area contributed by atoms with Gasteiger partial charge in [0.05, 0.1) is 25.4 Å². The van der Waals surface area contributed by atoms with Crippen molar-refractivity contribution < 1.29 is 14.3 Å². The monoisotopic (exact) mass is 422 g/mol. The summed E-state index contributed by atoms with van der Waals surface area (Å²) in [6.45, 7) is 7.72. The SMILES string of the molecule is CCNC(=NCCNC(=O)C1CCCCC1)N1CCC(OCC2CCCCO2)CC1. The van der Waals surface area contributed by atoms with Gasteiger partial charge in [0.1, 0.15) is 0 Å². The number of hydrogen-bond donors (Lipinski definition) is 2. The molecule has 2 aliphatic heterocycles. The minimum Gasteiger partial charge on any atom is -0.376 e. The van der Waals surface area contributed by atoms with Gasteiger partial charge in [-0.1, -0.05) is 19.3 Å². The molecule has 30 heavy (non-hydrogen) atoms. The Kier molecular flexibility index (Phi) is 10.2. The van der Waals surface area contributed by atoms with Gasteiger partial charge < -0.3 is 25.0 Å². The average Bonchev–Trinajstić information content (AvgIpc) is 2.81. The van der Waals surface area contributed by atoms with Crippen LogP contribution in [0.5, 0.6) is 0 Å². The van der Waals surface area contributed by atoms with Gasteiger partial charge in [0, 0.05) is 38.7 Å². The zero-order valence-electron chi connectivity index (χ0n) is 18.9. The Hall–Kier alpha value is -1.34. The second-order valence-electron chi connectivity index (χ2n) is 8.87. The zero-order valence-corrected chi connectivity index (χ0v) is 18.9. The maximum absolute atomic E-state index is 12.3. The number of carbonyl (C=O) groups excluding carboxylic acids is 1. The minimum absolute atomic E-state index is 0.217. The predicted octanol–water partition coefficient (Wildman–Crippen LogP) is 2.70. The average molecular weight is 423 g/mol. The Bertz CT molecular complexity index is 523. The summed E-state index contributed by atoms with van der Waals surface area (Å²) in [4.78, 5) is 19.4. The molecule has 2 saturated heterocycles. The molecule has 1 atom stereocenters. The van der Waals surface area contributed by atoms with Crippen LogP contribution >= 0.6 is 0 Å². The van der Waals surface area contributed by atoms with Crippen molar-refractivity contribution in [2.24, 2.45) is 10.9 Å². The van der Waals surface area contributed by atoms with E-state index < -0.39 is 0 Å². The Morgan fingerprint density at radius 3 is 2.50 bits per heavy atom. The molecule has 1 amide bonds. The first-order valence-corrected chi connectivity index (χ1v) is 12.3. The van der Waals surface area contributed by atoms with E-state index in [0.717, 1.165) is 70.9 Å². The van der Waals surface area contributed by atoms with E-state index >= 15 is 0 Å². The molecule has 2 N–H and O–H groups in total. The Labute approximate surface area is 182 Å². The van der Waals surface area contributed by atoms with Crippen molar-refractivity contribution in [3.8, 4) is 0 Å². The molecule has 0 aromatic heterocycles. The van der Waals surface area contributed by atoms with Gasteiger partial charge in [0.2, 0.25) is 5.91 Å². The van der Waals surface area contributed by atoms with Crippen molar-refractivity contribution in [2.75, 3.05) is 45.9 Å². The van der Waals surface area contributed by atoms with Crippen LogP contribution in [0, 0.1) is 5.92 Å². The molecule has 172 valence electrons. The normalized spacial score (nSPS) is 24.6. The van der Waals surface area contributed by atoms with Crippen LogP contribution in [0.2, 0.25) is 0 Å². The third kappa shape index (κ3) is 7.73. The van der Waals surface area contributed by atoms with Crippen LogP contribution in [0.1, 0.15) is 71.1 Å². The molecule has 0 bridgehead atoms.